The van der Waals surface area contributed by atoms with Gasteiger partial charge in [0.05, 0.1) is 24.4 Å². The average Bonchev–Trinajstić information content (AvgIpc) is 2.18. The van der Waals surface area contributed by atoms with Crippen LogP contribution in [0, 0.1) is 10.1 Å². The van der Waals surface area contributed by atoms with Crippen molar-refractivity contribution in [1.29, 1.82) is 0 Å². The van der Waals surface area contributed by atoms with Gasteiger partial charge in [0.15, 0.2) is 0 Å². The lowest BCUT2D eigenvalue weighted by atomic mass is 10.2. The number of quaternary nitrogens is 1. The van der Waals surface area contributed by atoms with Crippen molar-refractivity contribution in [1.82, 2.24) is 0 Å². The van der Waals surface area contributed by atoms with E-state index in [1.807, 2.05) is 13.1 Å². The van der Waals surface area contributed by atoms with Gasteiger partial charge in [0.25, 0.3) is 5.69 Å². The summed E-state index contributed by atoms with van der Waals surface area (Å²) in [5, 5.41) is 10.5. The van der Waals surface area contributed by atoms with Crippen LogP contribution in [0.2, 0.25) is 0 Å². The van der Waals surface area contributed by atoms with Crippen molar-refractivity contribution in [3.05, 3.63) is 39.9 Å². The predicted molar refractivity (Wildman–Crippen MR) is 59.3 cm³/mol. The third-order valence-corrected chi connectivity index (χ3v) is 2.34. The molecule has 90 valence electrons. The Labute approximate surface area is 106 Å². The second-order valence-corrected chi connectivity index (χ2v) is 3.88. The zero-order chi connectivity index (χ0) is 11.3. The maximum absolute atomic E-state index is 10.5. The van der Waals surface area contributed by atoms with Crippen LogP contribution in [0.15, 0.2) is 24.3 Å². The SMILES string of the molecule is C[NH+](CCCl)Cc1cccc([N+](=O)[O-])c1.[Cl-]. The van der Waals surface area contributed by atoms with Crippen LogP contribution in [0.1, 0.15) is 5.56 Å². The van der Waals surface area contributed by atoms with E-state index >= 15 is 0 Å². The second-order valence-electron chi connectivity index (χ2n) is 3.50. The van der Waals surface area contributed by atoms with Crippen LogP contribution in [0.4, 0.5) is 5.69 Å². The van der Waals surface area contributed by atoms with Crippen LogP contribution in [-0.2, 0) is 6.54 Å². The number of nitrogens with zero attached hydrogens (tertiary/aromatic N) is 1. The Morgan fingerprint density at radius 1 is 1.50 bits per heavy atom. The highest BCUT2D eigenvalue weighted by Gasteiger charge is 2.08. The molecule has 0 aromatic heterocycles. The summed E-state index contributed by atoms with van der Waals surface area (Å²) in [5.74, 6) is 0.598. The molecule has 0 heterocycles. The van der Waals surface area contributed by atoms with Gasteiger partial charge in [0.2, 0.25) is 0 Å². The number of nitro benzene ring substituents is 1. The highest BCUT2D eigenvalue weighted by atomic mass is 35.5. The zero-order valence-electron chi connectivity index (χ0n) is 8.95. The molecule has 0 spiro atoms. The first-order chi connectivity index (χ1) is 7.13. The number of benzene rings is 1. The quantitative estimate of drug-likeness (QED) is 0.375. The van der Waals surface area contributed by atoms with E-state index in [0.29, 0.717) is 5.88 Å². The van der Waals surface area contributed by atoms with Crippen molar-refractivity contribution in [2.24, 2.45) is 0 Å². The molecule has 1 aromatic carbocycles. The monoisotopic (exact) mass is 264 g/mol. The first kappa shape index (κ1) is 15.2. The van der Waals surface area contributed by atoms with Gasteiger partial charge in [-0.15, -0.1) is 11.6 Å². The van der Waals surface area contributed by atoms with Gasteiger partial charge in [-0.05, 0) is 0 Å². The second kappa shape index (κ2) is 7.44. The lowest BCUT2D eigenvalue weighted by Crippen LogP contribution is -3.07. The standard InChI is InChI=1S/C10H13ClN2O2.ClH/c1-12(6-5-11)8-9-3-2-4-10(7-9)13(14)15;/h2-4,7H,5-6,8H2,1H3;1H. The largest absolute Gasteiger partial charge is 1.00 e. The third kappa shape index (κ3) is 4.79. The summed E-state index contributed by atoms with van der Waals surface area (Å²) < 4.78 is 0. The zero-order valence-corrected chi connectivity index (χ0v) is 10.5. The molecule has 0 fully saturated rings. The van der Waals surface area contributed by atoms with Gasteiger partial charge in [-0.3, -0.25) is 10.1 Å². The first-order valence-electron chi connectivity index (χ1n) is 4.74. The summed E-state index contributed by atoms with van der Waals surface area (Å²) >= 11 is 5.62. The van der Waals surface area contributed by atoms with E-state index in [0.717, 1.165) is 18.7 Å². The number of non-ortho nitro benzene ring substituents is 1. The van der Waals surface area contributed by atoms with Gasteiger partial charge in [-0.2, -0.15) is 0 Å². The maximum Gasteiger partial charge on any atom is 0.269 e. The molecule has 16 heavy (non-hydrogen) atoms. The summed E-state index contributed by atoms with van der Waals surface area (Å²) in [6.45, 7) is 1.61. The van der Waals surface area contributed by atoms with Crippen LogP contribution < -0.4 is 17.3 Å². The molecule has 0 aliphatic rings. The molecule has 0 aliphatic heterocycles. The Kier molecular flexibility index (Phi) is 7.05. The fourth-order valence-corrected chi connectivity index (χ4v) is 1.70. The molecule has 1 N–H and O–H groups in total. The minimum absolute atomic E-state index is 0. The van der Waals surface area contributed by atoms with E-state index < -0.39 is 0 Å². The molecule has 0 bridgehead atoms. The molecule has 4 nitrogen and oxygen atoms in total. The van der Waals surface area contributed by atoms with Gasteiger partial charge in [-0.25, -0.2) is 0 Å². The van der Waals surface area contributed by atoms with Crippen molar-refractivity contribution in [2.45, 2.75) is 6.54 Å². The molecule has 0 amide bonds. The smallest absolute Gasteiger partial charge is 0.269 e. The third-order valence-electron chi connectivity index (χ3n) is 2.15. The average molecular weight is 265 g/mol. The summed E-state index contributed by atoms with van der Waals surface area (Å²) in [4.78, 5) is 11.4. The molecule has 0 radical (unpaired) electrons. The Morgan fingerprint density at radius 2 is 2.19 bits per heavy atom. The highest BCUT2D eigenvalue weighted by Crippen LogP contribution is 2.11. The summed E-state index contributed by atoms with van der Waals surface area (Å²) in [5.41, 5.74) is 1.11. The van der Waals surface area contributed by atoms with E-state index in [4.69, 9.17) is 11.6 Å². The number of nitrogens with one attached hydrogen (secondary N) is 1. The van der Waals surface area contributed by atoms with Crippen molar-refractivity contribution in [2.75, 3.05) is 19.5 Å². The summed E-state index contributed by atoms with van der Waals surface area (Å²) in [6.07, 6.45) is 0. The fraction of sp³-hybridized carbons (Fsp3) is 0.400. The number of rotatable bonds is 5. The van der Waals surface area contributed by atoms with Crippen molar-refractivity contribution >= 4 is 17.3 Å². The van der Waals surface area contributed by atoms with Crippen molar-refractivity contribution in [3.63, 3.8) is 0 Å². The molecule has 1 atom stereocenters. The van der Waals surface area contributed by atoms with Gasteiger partial charge in [0.1, 0.15) is 6.54 Å². The predicted octanol–water partition coefficient (Wildman–Crippen LogP) is -2.15. The van der Waals surface area contributed by atoms with E-state index in [1.165, 1.54) is 11.0 Å². The number of halogens is 2. The van der Waals surface area contributed by atoms with Gasteiger partial charge in [0, 0.05) is 17.7 Å². The van der Waals surface area contributed by atoms with Crippen LogP contribution in [0.25, 0.3) is 0 Å². The van der Waals surface area contributed by atoms with Crippen LogP contribution in [0.5, 0.6) is 0 Å². The number of hydrogen-bond acceptors (Lipinski definition) is 2. The molecule has 0 saturated carbocycles. The maximum atomic E-state index is 10.5. The van der Waals surface area contributed by atoms with Crippen LogP contribution >= 0.6 is 11.6 Å². The van der Waals surface area contributed by atoms with Gasteiger partial charge in [-0.1, -0.05) is 12.1 Å². The Hall–Kier alpha value is -0.840. The molecule has 0 aliphatic carbocycles. The Morgan fingerprint density at radius 3 is 2.75 bits per heavy atom. The molecular weight excluding hydrogens is 251 g/mol. The molecule has 1 rings (SSSR count). The highest BCUT2D eigenvalue weighted by molar-refractivity contribution is 6.17. The Bertz CT molecular complexity index is 347. The van der Waals surface area contributed by atoms with E-state index in [-0.39, 0.29) is 23.0 Å². The lowest BCUT2D eigenvalue weighted by molar-refractivity contribution is -0.891. The van der Waals surface area contributed by atoms with Gasteiger partial charge < -0.3 is 17.3 Å². The van der Waals surface area contributed by atoms with E-state index in [2.05, 4.69) is 0 Å². The molecule has 1 aromatic rings. The van der Waals surface area contributed by atoms with Gasteiger partial charge >= 0.3 is 0 Å². The summed E-state index contributed by atoms with van der Waals surface area (Å²) in [6, 6.07) is 6.71. The van der Waals surface area contributed by atoms with E-state index in [1.54, 1.807) is 12.1 Å². The number of nitro groups is 1. The molecule has 0 saturated heterocycles. The minimum Gasteiger partial charge on any atom is -1.00 e. The van der Waals surface area contributed by atoms with Crippen LogP contribution in [0.3, 0.4) is 0 Å². The Balaban J connectivity index is 0.00000225. The van der Waals surface area contributed by atoms with Crippen molar-refractivity contribution in [3.8, 4) is 0 Å². The molecular formula is C10H14Cl2N2O2. The van der Waals surface area contributed by atoms with E-state index in [9.17, 15) is 10.1 Å². The fourth-order valence-electron chi connectivity index (χ4n) is 1.38. The number of alkyl halides is 1. The summed E-state index contributed by atoms with van der Waals surface area (Å²) in [7, 11) is 2.02. The minimum atomic E-state index is -0.375. The molecule has 6 heteroatoms. The first-order valence-corrected chi connectivity index (χ1v) is 5.27. The molecule has 1 unspecified atom stereocenters. The van der Waals surface area contributed by atoms with Crippen LogP contribution in [-0.4, -0.2) is 24.4 Å². The topological polar surface area (TPSA) is 47.6 Å². The normalized spacial score (nSPS) is 11.6. The van der Waals surface area contributed by atoms with Crippen molar-refractivity contribution < 1.29 is 22.2 Å². The lowest BCUT2D eigenvalue weighted by Gasteiger charge is -2.11. The number of hydrogen-bond donors (Lipinski definition) is 1.